The number of rotatable bonds is 8. The predicted octanol–water partition coefficient (Wildman–Crippen LogP) is 3.75. The minimum atomic E-state index is 0.104. The van der Waals surface area contributed by atoms with Gasteiger partial charge in [-0.2, -0.15) is 0 Å². The van der Waals surface area contributed by atoms with Crippen LogP contribution in [0.1, 0.15) is 44.7 Å². The van der Waals surface area contributed by atoms with Gasteiger partial charge in [0.2, 0.25) is 5.91 Å². The Morgan fingerprint density at radius 1 is 1.40 bits per heavy atom. The van der Waals surface area contributed by atoms with Gasteiger partial charge in [0.05, 0.1) is 6.04 Å². The molecular weight excluding hydrogens is 316 g/mol. The van der Waals surface area contributed by atoms with Crippen LogP contribution in [-0.4, -0.2) is 30.9 Å². The summed E-state index contributed by atoms with van der Waals surface area (Å²) < 4.78 is 1.07. The smallest absolute Gasteiger partial charge is 0.223 e. The first-order valence-electron chi connectivity index (χ1n) is 7.30. The van der Waals surface area contributed by atoms with E-state index in [1.54, 1.807) is 0 Å². The number of hydrogen-bond acceptors (Lipinski definition) is 2. The van der Waals surface area contributed by atoms with Gasteiger partial charge in [-0.3, -0.25) is 4.79 Å². The highest BCUT2D eigenvalue weighted by atomic mass is 79.9. The number of nitrogens with zero attached hydrogens (tertiary/aromatic N) is 1. The Labute approximate surface area is 130 Å². The minimum Gasteiger partial charge on any atom is -0.336 e. The second kappa shape index (κ2) is 9.14. The second-order valence-corrected chi connectivity index (χ2v) is 5.85. The fourth-order valence-corrected chi connectivity index (χ4v) is 2.93. The van der Waals surface area contributed by atoms with Crippen molar-refractivity contribution in [2.24, 2.45) is 0 Å². The molecule has 0 aliphatic heterocycles. The molecule has 1 aromatic rings. The molecule has 0 radical (unpaired) electrons. The van der Waals surface area contributed by atoms with E-state index >= 15 is 0 Å². The van der Waals surface area contributed by atoms with Crippen LogP contribution in [0.25, 0.3) is 0 Å². The minimum absolute atomic E-state index is 0.104. The van der Waals surface area contributed by atoms with E-state index in [9.17, 15) is 4.79 Å². The fourth-order valence-electron chi connectivity index (χ4n) is 2.32. The van der Waals surface area contributed by atoms with E-state index in [1.807, 2.05) is 30.1 Å². The van der Waals surface area contributed by atoms with Gasteiger partial charge < -0.3 is 10.2 Å². The molecule has 1 aromatic carbocycles. The molecule has 0 spiro atoms. The van der Waals surface area contributed by atoms with Gasteiger partial charge in [-0.05, 0) is 45.0 Å². The van der Waals surface area contributed by atoms with Crippen molar-refractivity contribution in [1.29, 1.82) is 0 Å². The van der Waals surface area contributed by atoms with E-state index in [0.717, 1.165) is 30.4 Å². The quantitative estimate of drug-likeness (QED) is 0.731. The number of amides is 1. The first-order valence-corrected chi connectivity index (χ1v) is 8.09. The van der Waals surface area contributed by atoms with E-state index in [1.165, 1.54) is 5.56 Å². The number of benzene rings is 1. The van der Waals surface area contributed by atoms with Crippen LogP contribution < -0.4 is 5.32 Å². The maximum absolute atomic E-state index is 12.4. The third-order valence-electron chi connectivity index (χ3n) is 3.43. The van der Waals surface area contributed by atoms with Crippen molar-refractivity contribution in [1.82, 2.24) is 10.2 Å². The first kappa shape index (κ1) is 17.2. The Morgan fingerprint density at radius 2 is 2.10 bits per heavy atom. The van der Waals surface area contributed by atoms with Crippen LogP contribution >= 0.6 is 15.9 Å². The van der Waals surface area contributed by atoms with Crippen LogP contribution in [-0.2, 0) is 4.79 Å². The highest BCUT2D eigenvalue weighted by Crippen LogP contribution is 2.28. The highest BCUT2D eigenvalue weighted by Gasteiger charge is 2.21. The Morgan fingerprint density at radius 3 is 2.70 bits per heavy atom. The Hall–Kier alpha value is -0.870. The number of hydrogen-bond donors (Lipinski definition) is 1. The lowest BCUT2D eigenvalue weighted by Gasteiger charge is -2.30. The fraction of sp³-hybridized carbons (Fsp3) is 0.562. The summed E-state index contributed by atoms with van der Waals surface area (Å²) in [5.74, 6) is 0.241. The molecule has 4 heteroatoms. The number of carbonyl (C=O) groups excluding carboxylic acids is 1. The molecule has 3 nitrogen and oxygen atoms in total. The average molecular weight is 341 g/mol. The maximum Gasteiger partial charge on any atom is 0.223 e. The molecule has 0 fully saturated rings. The van der Waals surface area contributed by atoms with E-state index in [0.29, 0.717) is 6.42 Å². The zero-order valence-corrected chi connectivity index (χ0v) is 14.2. The Balaban J connectivity index is 2.79. The van der Waals surface area contributed by atoms with Crippen molar-refractivity contribution < 1.29 is 4.79 Å². The molecule has 0 aliphatic carbocycles. The Bertz CT molecular complexity index is 423. The standard InChI is InChI=1S/C16H25BrN2O/c1-4-12-19(16(20)10-7-11-18-3)13(2)14-8-5-6-9-15(14)17/h5-6,8-9,13,18H,4,7,10-12H2,1-3H3. The van der Waals surface area contributed by atoms with Crippen molar-refractivity contribution in [3.63, 3.8) is 0 Å². The topological polar surface area (TPSA) is 32.3 Å². The number of halogens is 1. The highest BCUT2D eigenvalue weighted by molar-refractivity contribution is 9.10. The molecule has 0 saturated carbocycles. The van der Waals surface area contributed by atoms with Crippen LogP contribution in [0.4, 0.5) is 0 Å². The summed E-state index contributed by atoms with van der Waals surface area (Å²) in [6.07, 6.45) is 2.47. The zero-order valence-electron chi connectivity index (χ0n) is 12.7. The Kier molecular flexibility index (Phi) is 7.85. The van der Waals surface area contributed by atoms with Gasteiger partial charge in [0.25, 0.3) is 0 Å². The summed E-state index contributed by atoms with van der Waals surface area (Å²) >= 11 is 3.58. The number of nitrogens with one attached hydrogen (secondary N) is 1. The largest absolute Gasteiger partial charge is 0.336 e. The summed E-state index contributed by atoms with van der Waals surface area (Å²) in [4.78, 5) is 14.4. The van der Waals surface area contributed by atoms with Crippen LogP contribution in [0.3, 0.4) is 0 Å². The predicted molar refractivity (Wildman–Crippen MR) is 87.7 cm³/mol. The molecule has 1 N–H and O–H groups in total. The van der Waals surface area contributed by atoms with Gasteiger partial charge in [-0.25, -0.2) is 0 Å². The molecule has 0 heterocycles. The molecule has 1 amide bonds. The van der Waals surface area contributed by atoms with Crippen LogP contribution in [0.5, 0.6) is 0 Å². The molecule has 0 saturated heterocycles. The summed E-state index contributed by atoms with van der Waals surface area (Å²) in [6, 6.07) is 8.23. The molecule has 1 rings (SSSR count). The third kappa shape index (κ3) is 4.91. The van der Waals surface area contributed by atoms with Gasteiger partial charge in [-0.15, -0.1) is 0 Å². The second-order valence-electron chi connectivity index (χ2n) is 4.99. The van der Waals surface area contributed by atoms with Gasteiger partial charge in [0.15, 0.2) is 0 Å². The molecule has 112 valence electrons. The lowest BCUT2D eigenvalue weighted by molar-refractivity contribution is -0.133. The number of carbonyl (C=O) groups is 1. The monoisotopic (exact) mass is 340 g/mol. The van der Waals surface area contributed by atoms with Crippen LogP contribution in [0.15, 0.2) is 28.7 Å². The summed E-state index contributed by atoms with van der Waals surface area (Å²) in [7, 11) is 1.91. The van der Waals surface area contributed by atoms with Crippen LogP contribution in [0.2, 0.25) is 0 Å². The molecule has 20 heavy (non-hydrogen) atoms. The van der Waals surface area contributed by atoms with E-state index in [2.05, 4.69) is 41.2 Å². The average Bonchev–Trinajstić information content (AvgIpc) is 2.44. The van der Waals surface area contributed by atoms with E-state index in [4.69, 9.17) is 0 Å². The van der Waals surface area contributed by atoms with E-state index in [-0.39, 0.29) is 11.9 Å². The lowest BCUT2D eigenvalue weighted by Crippen LogP contribution is -2.34. The summed E-state index contributed by atoms with van der Waals surface area (Å²) in [6.45, 7) is 5.91. The van der Waals surface area contributed by atoms with Crippen molar-refractivity contribution in [2.45, 2.75) is 39.2 Å². The third-order valence-corrected chi connectivity index (χ3v) is 4.15. The molecule has 0 aromatic heterocycles. The normalized spacial score (nSPS) is 12.2. The first-order chi connectivity index (χ1) is 9.61. The van der Waals surface area contributed by atoms with Crippen molar-refractivity contribution in [3.8, 4) is 0 Å². The van der Waals surface area contributed by atoms with Gasteiger partial charge in [0, 0.05) is 17.4 Å². The van der Waals surface area contributed by atoms with Crippen molar-refractivity contribution >= 4 is 21.8 Å². The van der Waals surface area contributed by atoms with Gasteiger partial charge >= 0.3 is 0 Å². The molecule has 1 unspecified atom stereocenters. The van der Waals surface area contributed by atoms with Crippen molar-refractivity contribution in [2.75, 3.05) is 20.1 Å². The zero-order chi connectivity index (χ0) is 15.0. The van der Waals surface area contributed by atoms with Gasteiger partial charge in [0.1, 0.15) is 0 Å². The molecular formula is C16H25BrN2O. The molecule has 1 atom stereocenters. The molecule has 0 aliphatic rings. The maximum atomic E-state index is 12.4. The van der Waals surface area contributed by atoms with Crippen molar-refractivity contribution in [3.05, 3.63) is 34.3 Å². The SMILES string of the molecule is CCCN(C(=O)CCCNC)C(C)c1ccccc1Br. The summed E-state index contributed by atoms with van der Waals surface area (Å²) in [5, 5.41) is 3.09. The molecule has 0 bridgehead atoms. The van der Waals surface area contributed by atoms with Gasteiger partial charge in [-0.1, -0.05) is 41.1 Å². The lowest BCUT2D eigenvalue weighted by atomic mass is 10.1. The van der Waals surface area contributed by atoms with E-state index < -0.39 is 0 Å². The summed E-state index contributed by atoms with van der Waals surface area (Å²) in [5.41, 5.74) is 1.17. The van der Waals surface area contributed by atoms with Crippen LogP contribution in [0, 0.1) is 0 Å².